The molecule has 2 atom stereocenters. The first-order valence-electron chi connectivity index (χ1n) is 6.71. The molecule has 0 spiro atoms. The molecular weight excluding hydrogens is 258 g/mol. The number of nitrogens with zero attached hydrogens (tertiary/aromatic N) is 2. The van der Waals surface area contributed by atoms with Crippen LogP contribution in [0.1, 0.15) is 29.8 Å². The van der Waals surface area contributed by atoms with Crippen molar-refractivity contribution in [1.29, 1.82) is 0 Å². The normalized spacial score (nSPS) is 22.6. The average Bonchev–Trinajstić information content (AvgIpc) is 2.41. The van der Waals surface area contributed by atoms with Crippen LogP contribution in [0.5, 0.6) is 0 Å². The van der Waals surface area contributed by atoms with Crippen LogP contribution in [0.15, 0.2) is 18.2 Å². The third-order valence-corrected chi connectivity index (χ3v) is 3.95. The van der Waals surface area contributed by atoms with Gasteiger partial charge in [0.2, 0.25) is 0 Å². The molecule has 1 heterocycles. The maximum absolute atomic E-state index is 12.6. The van der Waals surface area contributed by atoms with E-state index in [9.17, 15) is 14.9 Å². The van der Waals surface area contributed by atoms with E-state index < -0.39 is 4.92 Å². The van der Waals surface area contributed by atoms with E-state index in [2.05, 4.69) is 5.32 Å². The van der Waals surface area contributed by atoms with Crippen molar-refractivity contribution < 1.29 is 9.72 Å². The molecule has 0 aromatic heterocycles. The van der Waals surface area contributed by atoms with Gasteiger partial charge in [0.05, 0.1) is 4.92 Å². The lowest BCUT2D eigenvalue weighted by Crippen LogP contribution is -2.57. The highest BCUT2D eigenvalue weighted by molar-refractivity contribution is 5.96. The molecule has 0 saturated carbocycles. The summed E-state index contributed by atoms with van der Waals surface area (Å²) < 4.78 is 0. The second-order valence-electron chi connectivity index (χ2n) is 5.24. The standard InChI is InChI=1S/C14H19N3O3/c1-9-8-12(17(19)20)4-5-13(9)14(18)16-7-6-15-10(2)11(16)3/h4-5,8,10-11,15H,6-7H2,1-3H3. The average molecular weight is 277 g/mol. The van der Waals surface area contributed by atoms with Crippen LogP contribution in [-0.4, -0.2) is 40.9 Å². The van der Waals surface area contributed by atoms with Crippen molar-refractivity contribution in [2.45, 2.75) is 32.9 Å². The molecule has 2 rings (SSSR count). The number of hydrogen-bond donors (Lipinski definition) is 1. The van der Waals surface area contributed by atoms with E-state index in [1.54, 1.807) is 13.0 Å². The number of benzene rings is 1. The van der Waals surface area contributed by atoms with Gasteiger partial charge in [-0.1, -0.05) is 0 Å². The lowest BCUT2D eigenvalue weighted by Gasteiger charge is -2.38. The predicted molar refractivity (Wildman–Crippen MR) is 75.8 cm³/mol. The largest absolute Gasteiger partial charge is 0.333 e. The number of nitrogens with one attached hydrogen (secondary N) is 1. The van der Waals surface area contributed by atoms with Crippen LogP contribution in [-0.2, 0) is 0 Å². The number of nitro groups is 1. The van der Waals surface area contributed by atoms with Crippen LogP contribution in [0.25, 0.3) is 0 Å². The number of hydrogen-bond acceptors (Lipinski definition) is 4. The topological polar surface area (TPSA) is 75.5 Å². The first-order chi connectivity index (χ1) is 9.41. The first-order valence-corrected chi connectivity index (χ1v) is 6.71. The van der Waals surface area contributed by atoms with Gasteiger partial charge in [-0.3, -0.25) is 14.9 Å². The minimum absolute atomic E-state index is 0.0146. The highest BCUT2D eigenvalue weighted by Gasteiger charge is 2.29. The molecule has 108 valence electrons. The van der Waals surface area contributed by atoms with Gasteiger partial charge < -0.3 is 10.2 Å². The predicted octanol–water partition coefficient (Wildman–Crippen LogP) is 1.73. The van der Waals surface area contributed by atoms with E-state index in [0.29, 0.717) is 17.7 Å². The summed E-state index contributed by atoms with van der Waals surface area (Å²) in [5.41, 5.74) is 1.19. The van der Waals surface area contributed by atoms with Gasteiger partial charge >= 0.3 is 0 Å². The Kier molecular flexibility index (Phi) is 4.04. The zero-order chi connectivity index (χ0) is 14.9. The second kappa shape index (κ2) is 5.58. The fourth-order valence-corrected chi connectivity index (χ4v) is 2.50. The quantitative estimate of drug-likeness (QED) is 0.659. The Labute approximate surface area is 117 Å². The number of non-ortho nitro benzene ring substituents is 1. The van der Waals surface area contributed by atoms with Crippen molar-refractivity contribution in [2.24, 2.45) is 0 Å². The van der Waals surface area contributed by atoms with E-state index in [0.717, 1.165) is 6.54 Å². The number of carbonyl (C=O) groups is 1. The van der Waals surface area contributed by atoms with E-state index in [1.807, 2.05) is 18.7 Å². The summed E-state index contributed by atoms with van der Waals surface area (Å²) in [6, 6.07) is 4.73. The van der Waals surface area contributed by atoms with Crippen molar-refractivity contribution in [3.63, 3.8) is 0 Å². The van der Waals surface area contributed by atoms with Gasteiger partial charge in [0.25, 0.3) is 11.6 Å². The molecule has 6 heteroatoms. The summed E-state index contributed by atoms with van der Waals surface area (Å²) in [7, 11) is 0. The van der Waals surface area contributed by atoms with Gasteiger partial charge in [-0.2, -0.15) is 0 Å². The zero-order valence-corrected chi connectivity index (χ0v) is 11.9. The first kappa shape index (κ1) is 14.5. The summed E-state index contributed by atoms with van der Waals surface area (Å²) in [5.74, 6) is -0.0572. The zero-order valence-electron chi connectivity index (χ0n) is 11.9. The Morgan fingerprint density at radius 1 is 1.45 bits per heavy atom. The molecule has 0 radical (unpaired) electrons. The molecule has 1 saturated heterocycles. The fourth-order valence-electron chi connectivity index (χ4n) is 2.50. The molecule has 20 heavy (non-hydrogen) atoms. The maximum Gasteiger partial charge on any atom is 0.269 e. The van der Waals surface area contributed by atoms with Crippen LogP contribution in [0.4, 0.5) is 5.69 Å². The Morgan fingerprint density at radius 2 is 2.15 bits per heavy atom. The number of amides is 1. The molecule has 1 aliphatic rings. The van der Waals surface area contributed by atoms with E-state index in [-0.39, 0.29) is 23.7 Å². The molecule has 0 bridgehead atoms. The Bertz CT molecular complexity index is 544. The highest BCUT2D eigenvalue weighted by Crippen LogP contribution is 2.20. The summed E-state index contributed by atoms with van der Waals surface area (Å²) in [6.45, 7) is 7.21. The number of nitro benzene ring substituents is 1. The summed E-state index contributed by atoms with van der Waals surface area (Å²) in [4.78, 5) is 24.7. The van der Waals surface area contributed by atoms with Crippen LogP contribution < -0.4 is 5.32 Å². The lowest BCUT2D eigenvalue weighted by atomic mass is 10.0. The number of aryl methyl sites for hydroxylation is 1. The fraction of sp³-hybridized carbons (Fsp3) is 0.500. The van der Waals surface area contributed by atoms with Gasteiger partial charge in [0.1, 0.15) is 0 Å². The highest BCUT2D eigenvalue weighted by atomic mass is 16.6. The van der Waals surface area contributed by atoms with Gasteiger partial charge in [-0.25, -0.2) is 0 Å². The van der Waals surface area contributed by atoms with Gasteiger partial charge in [0, 0.05) is 42.9 Å². The Balaban J connectivity index is 2.27. The molecule has 1 aliphatic heterocycles. The molecule has 1 aromatic rings. The van der Waals surface area contributed by atoms with Gasteiger partial charge in [-0.15, -0.1) is 0 Å². The lowest BCUT2D eigenvalue weighted by molar-refractivity contribution is -0.384. The Hall–Kier alpha value is -1.95. The number of rotatable bonds is 2. The smallest absolute Gasteiger partial charge is 0.269 e. The third-order valence-electron chi connectivity index (χ3n) is 3.95. The Morgan fingerprint density at radius 3 is 2.75 bits per heavy atom. The molecule has 1 amide bonds. The van der Waals surface area contributed by atoms with E-state index in [4.69, 9.17) is 0 Å². The maximum atomic E-state index is 12.6. The van der Waals surface area contributed by atoms with Crippen LogP contribution in [0, 0.1) is 17.0 Å². The van der Waals surface area contributed by atoms with Crippen molar-refractivity contribution >= 4 is 11.6 Å². The van der Waals surface area contributed by atoms with Crippen molar-refractivity contribution in [1.82, 2.24) is 10.2 Å². The third kappa shape index (κ3) is 2.65. The molecule has 2 unspecified atom stereocenters. The minimum Gasteiger partial charge on any atom is -0.333 e. The minimum atomic E-state index is -0.448. The molecule has 1 aromatic carbocycles. The van der Waals surface area contributed by atoms with Gasteiger partial charge in [0.15, 0.2) is 0 Å². The summed E-state index contributed by atoms with van der Waals surface area (Å²) >= 11 is 0. The molecule has 1 N–H and O–H groups in total. The van der Waals surface area contributed by atoms with Crippen molar-refractivity contribution in [2.75, 3.05) is 13.1 Å². The van der Waals surface area contributed by atoms with Crippen LogP contribution >= 0.6 is 0 Å². The monoisotopic (exact) mass is 277 g/mol. The van der Waals surface area contributed by atoms with Crippen LogP contribution in [0.2, 0.25) is 0 Å². The molecular formula is C14H19N3O3. The molecule has 0 aliphatic carbocycles. The van der Waals surface area contributed by atoms with E-state index >= 15 is 0 Å². The molecule has 6 nitrogen and oxygen atoms in total. The van der Waals surface area contributed by atoms with Crippen molar-refractivity contribution in [3.05, 3.63) is 39.4 Å². The molecule has 1 fully saturated rings. The van der Waals surface area contributed by atoms with Crippen LogP contribution in [0.3, 0.4) is 0 Å². The summed E-state index contributed by atoms with van der Waals surface area (Å²) in [5, 5.41) is 14.1. The summed E-state index contributed by atoms with van der Waals surface area (Å²) in [6.07, 6.45) is 0. The SMILES string of the molecule is Cc1cc([N+](=O)[O-])ccc1C(=O)N1CCNC(C)C1C. The second-order valence-corrected chi connectivity index (χ2v) is 5.24. The van der Waals surface area contributed by atoms with E-state index in [1.165, 1.54) is 12.1 Å². The van der Waals surface area contributed by atoms with Gasteiger partial charge in [-0.05, 0) is 32.4 Å². The van der Waals surface area contributed by atoms with Crippen molar-refractivity contribution in [3.8, 4) is 0 Å². The number of piperazine rings is 1. The number of carbonyl (C=O) groups excluding carboxylic acids is 1.